The van der Waals surface area contributed by atoms with Gasteiger partial charge in [-0.1, -0.05) is 0 Å². The lowest BCUT2D eigenvalue weighted by Crippen LogP contribution is -2.05. The van der Waals surface area contributed by atoms with E-state index in [1.54, 1.807) is 0 Å². The molecular formula is C8H9I2NO. The van der Waals surface area contributed by atoms with E-state index >= 15 is 0 Å². The van der Waals surface area contributed by atoms with E-state index in [1.807, 2.05) is 19.1 Å². The molecule has 0 amide bonds. The number of rotatable bonds is 1. The molecule has 0 radical (unpaired) electrons. The first kappa shape index (κ1) is 10.5. The van der Waals surface area contributed by atoms with Crippen molar-refractivity contribution in [2.45, 2.75) is 13.0 Å². The van der Waals surface area contributed by atoms with Crippen LogP contribution < -0.4 is 5.73 Å². The molecule has 1 aromatic carbocycles. The van der Waals surface area contributed by atoms with E-state index in [4.69, 9.17) is 5.73 Å². The SMILES string of the molecule is C[C@@H](N)c1cc(I)c(O)c(I)c1. The van der Waals surface area contributed by atoms with Crippen molar-refractivity contribution in [1.82, 2.24) is 0 Å². The molecule has 2 nitrogen and oxygen atoms in total. The lowest BCUT2D eigenvalue weighted by Gasteiger charge is -2.08. The molecule has 66 valence electrons. The lowest BCUT2D eigenvalue weighted by atomic mass is 10.1. The number of aromatic hydroxyl groups is 1. The average molecular weight is 389 g/mol. The van der Waals surface area contributed by atoms with Gasteiger partial charge >= 0.3 is 0 Å². The van der Waals surface area contributed by atoms with Crippen molar-refractivity contribution in [3.63, 3.8) is 0 Å². The van der Waals surface area contributed by atoms with Gasteiger partial charge in [0.15, 0.2) is 0 Å². The van der Waals surface area contributed by atoms with E-state index in [0.29, 0.717) is 5.75 Å². The minimum atomic E-state index is 0.0210. The minimum Gasteiger partial charge on any atom is -0.506 e. The molecule has 0 spiro atoms. The van der Waals surface area contributed by atoms with Crippen LogP contribution in [0.15, 0.2) is 12.1 Å². The van der Waals surface area contributed by atoms with Crippen LogP contribution in [0, 0.1) is 7.14 Å². The van der Waals surface area contributed by atoms with Gasteiger partial charge in [-0.05, 0) is 69.8 Å². The van der Waals surface area contributed by atoms with Gasteiger partial charge in [-0.3, -0.25) is 0 Å². The van der Waals surface area contributed by atoms with Crippen molar-refractivity contribution in [3.05, 3.63) is 24.8 Å². The highest BCUT2D eigenvalue weighted by molar-refractivity contribution is 14.1. The van der Waals surface area contributed by atoms with Crippen LogP contribution in [0.3, 0.4) is 0 Å². The molecule has 12 heavy (non-hydrogen) atoms. The third-order valence-electron chi connectivity index (χ3n) is 1.57. The molecule has 4 heteroatoms. The molecule has 1 atom stereocenters. The molecule has 0 aliphatic carbocycles. The highest BCUT2D eigenvalue weighted by Gasteiger charge is 2.07. The molecular weight excluding hydrogens is 380 g/mol. The summed E-state index contributed by atoms with van der Waals surface area (Å²) in [6, 6.07) is 3.83. The van der Waals surface area contributed by atoms with Gasteiger partial charge in [-0.25, -0.2) is 0 Å². The van der Waals surface area contributed by atoms with Crippen molar-refractivity contribution in [2.24, 2.45) is 5.73 Å². The number of phenolic OH excluding ortho intramolecular Hbond substituents is 1. The topological polar surface area (TPSA) is 46.2 Å². The normalized spacial score (nSPS) is 13.0. The Bertz CT molecular complexity index is 276. The Hall–Kier alpha value is 0.440. The second-order valence-corrected chi connectivity index (χ2v) is 4.95. The Morgan fingerprint density at radius 1 is 1.33 bits per heavy atom. The molecule has 0 aromatic heterocycles. The summed E-state index contributed by atoms with van der Waals surface area (Å²) in [6.07, 6.45) is 0. The summed E-state index contributed by atoms with van der Waals surface area (Å²) in [7, 11) is 0. The first-order chi connectivity index (χ1) is 5.52. The van der Waals surface area contributed by atoms with Gasteiger partial charge in [0, 0.05) is 6.04 Å². The molecule has 3 N–H and O–H groups in total. The monoisotopic (exact) mass is 389 g/mol. The van der Waals surface area contributed by atoms with Crippen LogP contribution in [-0.4, -0.2) is 5.11 Å². The number of phenols is 1. The zero-order valence-electron chi connectivity index (χ0n) is 6.51. The lowest BCUT2D eigenvalue weighted by molar-refractivity contribution is 0.467. The molecule has 0 aliphatic rings. The Morgan fingerprint density at radius 3 is 2.08 bits per heavy atom. The molecule has 1 rings (SSSR count). The maximum absolute atomic E-state index is 9.46. The molecule has 0 unspecified atom stereocenters. The first-order valence-corrected chi connectivity index (χ1v) is 5.61. The van der Waals surface area contributed by atoms with Gasteiger partial charge < -0.3 is 10.8 Å². The van der Waals surface area contributed by atoms with Crippen LogP contribution in [0.4, 0.5) is 0 Å². The predicted molar refractivity (Wildman–Crippen MR) is 66.1 cm³/mol. The van der Waals surface area contributed by atoms with Gasteiger partial charge in [0.25, 0.3) is 0 Å². The maximum Gasteiger partial charge on any atom is 0.142 e. The number of halogens is 2. The van der Waals surface area contributed by atoms with E-state index < -0.39 is 0 Å². The highest BCUT2D eigenvalue weighted by atomic mass is 127. The van der Waals surface area contributed by atoms with E-state index in [9.17, 15) is 5.11 Å². The van der Waals surface area contributed by atoms with Crippen LogP contribution >= 0.6 is 45.2 Å². The van der Waals surface area contributed by atoms with Crippen LogP contribution in [0.1, 0.15) is 18.5 Å². The van der Waals surface area contributed by atoms with Gasteiger partial charge in [0.05, 0.1) is 7.14 Å². The van der Waals surface area contributed by atoms with Crippen molar-refractivity contribution >= 4 is 45.2 Å². The number of hydrogen-bond acceptors (Lipinski definition) is 2. The van der Waals surface area contributed by atoms with E-state index in [-0.39, 0.29) is 6.04 Å². The van der Waals surface area contributed by atoms with Gasteiger partial charge in [0.1, 0.15) is 5.75 Å². The predicted octanol–water partition coefficient (Wildman–Crippen LogP) is 2.62. The Morgan fingerprint density at radius 2 is 1.75 bits per heavy atom. The molecule has 0 aliphatic heterocycles. The zero-order chi connectivity index (χ0) is 9.30. The minimum absolute atomic E-state index is 0.0210. The Balaban J connectivity index is 3.21. The molecule has 0 saturated heterocycles. The summed E-state index contributed by atoms with van der Waals surface area (Å²) in [6.45, 7) is 1.93. The fourth-order valence-electron chi connectivity index (χ4n) is 0.848. The third-order valence-corrected chi connectivity index (χ3v) is 3.21. The first-order valence-electron chi connectivity index (χ1n) is 3.46. The van der Waals surface area contributed by atoms with E-state index in [1.165, 1.54) is 0 Å². The number of hydrogen-bond donors (Lipinski definition) is 2. The van der Waals surface area contributed by atoms with Gasteiger partial charge in [0.2, 0.25) is 0 Å². The van der Waals surface area contributed by atoms with Crippen molar-refractivity contribution in [2.75, 3.05) is 0 Å². The Kier molecular flexibility index (Phi) is 3.59. The van der Waals surface area contributed by atoms with Crippen molar-refractivity contribution < 1.29 is 5.11 Å². The quantitative estimate of drug-likeness (QED) is 0.726. The average Bonchev–Trinajstić information content (AvgIpc) is 1.99. The molecule has 1 aromatic rings. The fourth-order valence-corrected chi connectivity index (χ4v) is 2.66. The maximum atomic E-state index is 9.46. The smallest absolute Gasteiger partial charge is 0.142 e. The molecule has 0 saturated carbocycles. The largest absolute Gasteiger partial charge is 0.506 e. The van der Waals surface area contributed by atoms with E-state index in [2.05, 4.69) is 45.2 Å². The molecule has 0 bridgehead atoms. The number of nitrogens with two attached hydrogens (primary N) is 1. The summed E-state index contributed by atoms with van der Waals surface area (Å²) in [5, 5.41) is 9.46. The summed E-state index contributed by atoms with van der Waals surface area (Å²) < 4.78 is 1.71. The highest BCUT2D eigenvalue weighted by Crippen LogP contribution is 2.28. The second kappa shape index (κ2) is 4.10. The molecule has 0 heterocycles. The van der Waals surface area contributed by atoms with Crippen LogP contribution in [0.25, 0.3) is 0 Å². The van der Waals surface area contributed by atoms with Crippen LogP contribution in [-0.2, 0) is 0 Å². The molecule has 0 fully saturated rings. The summed E-state index contributed by atoms with van der Waals surface area (Å²) in [5.41, 5.74) is 6.77. The van der Waals surface area contributed by atoms with Gasteiger partial charge in [-0.2, -0.15) is 0 Å². The Labute approximate surface area is 98.8 Å². The zero-order valence-corrected chi connectivity index (χ0v) is 10.8. The van der Waals surface area contributed by atoms with Crippen LogP contribution in [0.2, 0.25) is 0 Å². The van der Waals surface area contributed by atoms with Crippen molar-refractivity contribution in [3.8, 4) is 5.75 Å². The summed E-state index contributed by atoms with van der Waals surface area (Å²) in [5.74, 6) is 0.348. The fraction of sp³-hybridized carbons (Fsp3) is 0.250. The van der Waals surface area contributed by atoms with Crippen molar-refractivity contribution in [1.29, 1.82) is 0 Å². The third kappa shape index (κ3) is 2.23. The van der Waals surface area contributed by atoms with Crippen LogP contribution in [0.5, 0.6) is 5.75 Å². The summed E-state index contributed by atoms with van der Waals surface area (Å²) >= 11 is 4.20. The second-order valence-electron chi connectivity index (χ2n) is 2.62. The van der Waals surface area contributed by atoms with Gasteiger partial charge in [-0.15, -0.1) is 0 Å². The summed E-state index contributed by atoms with van der Waals surface area (Å²) in [4.78, 5) is 0. The van der Waals surface area contributed by atoms with E-state index in [0.717, 1.165) is 12.7 Å². The standard InChI is InChI=1S/C8H9I2NO/c1-4(11)5-2-6(9)8(12)7(10)3-5/h2-4,12H,11H2,1H3/t4-/m1/s1. The number of benzene rings is 1.